The number of hydrogen-bond donors (Lipinski definition) is 2. The van der Waals surface area contributed by atoms with E-state index in [-0.39, 0.29) is 19.1 Å². The van der Waals surface area contributed by atoms with Gasteiger partial charge in [-0.2, -0.15) is 5.10 Å². The highest BCUT2D eigenvalue weighted by atomic mass is 32.2. The zero-order valence-corrected chi connectivity index (χ0v) is 19.8. The molecule has 1 aromatic carbocycles. The Morgan fingerprint density at radius 1 is 1.24 bits per heavy atom. The van der Waals surface area contributed by atoms with Crippen molar-refractivity contribution in [3.05, 3.63) is 53.0 Å². The van der Waals surface area contributed by atoms with E-state index in [9.17, 15) is 9.90 Å². The minimum atomic E-state index is -0.861. The van der Waals surface area contributed by atoms with Crippen molar-refractivity contribution in [1.82, 2.24) is 19.7 Å². The zero-order chi connectivity index (χ0) is 23.5. The van der Waals surface area contributed by atoms with Crippen LogP contribution in [-0.2, 0) is 31.1 Å². The van der Waals surface area contributed by atoms with Crippen LogP contribution in [0.1, 0.15) is 41.4 Å². The van der Waals surface area contributed by atoms with Gasteiger partial charge in [0.25, 0.3) is 0 Å². The van der Waals surface area contributed by atoms with Gasteiger partial charge in [0.05, 0.1) is 6.42 Å². The molecule has 3 aromatic rings. The summed E-state index contributed by atoms with van der Waals surface area (Å²) in [4.78, 5) is 21.0. The minimum absolute atomic E-state index is 0.0155. The Morgan fingerprint density at radius 2 is 2.12 bits per heavy atom. The Bertz CT molecular complexity index is 1200. The van der Waals surface area contributed by atoms with Crippen LogP contribution in [0.5, 0.6) is 11.5 Å². The topological polar surface area (TPSA) is 111 Å². The molecule has 0 amide bonds. The van der Waals surface area contributed by atoms with Crippen molar-refractivity contribution in [2.45, 2.75) is 43.2 Å². The molecule has 178 valence electrons. The lowest BCUT2D eigenvalue weighted by molar-refractivity contribution is -0.137. The molecule has 0 radical (unpaired) electrons. The molecule has 0 spiro atoms. The summed E-state index contributed by atoms with van der Waals surface area (Å²) in [5.41, 5.74) is 3.23. The second-order valence-electron chi connectivity index (χ2n) is 8.48. The van der Waals surface area contributed by atoms with Crippen LogP contribution >= 0.6 is 11.8 Å². The van der Waals surface area contributed by atoms with Gasteiger partial charge in [-0.3, -0.25) is 4.79 Å². The Labute approximate surface area is 201 Å². The predicted molar refractivity (Wildman–Crippen MR) is 128 cm³/mol. The number of anilines is 1. The first kappa shape index (κ1) is 22.5. The van der Waals surface area contributed by atoms with Crippen molar-refractivity contribution in [1.29, 1.82) is 0 Å². The van der Waals surface area contributed by atoms with E-state index in [1.165, 1.54) is 5.56 Å². The number of pyridine rings is 1. The maximum atomic E-state index is 11.5. The highest BCUT2D eigenvalue weighted by Crippen LogP contribution is 2.36. The van der Waals surface area contributed by atoms with Crippen molar-refractivity contribution < 1.29 is 19.4 Å². The van der Waals surface area contributed by atoms with Crippen LogP contribution in [0.2, 0.25) is 0 Å². The lowest BCUT2D eigenvalue weighted by Gasteiger charge is -2.17. The second-order valence-corrected chi connectivity index (χ2v) is 9.55. The van der Waals surface area contributed by atoms with Crippen LogP contribution < -0.4 is 14.8 Å². The molecule has 5 rings (SSSR count). The van der Waals surface area contributed by atoms with Gasteiger partial charge >= 0.3 is 5.97 Å². The molecule has 0 saturated heterocycles. The molecule has 0 fully saturated rings. The van der Waals surface area contributed by atoms with Crippen molar-refractivity contribution in [2.24, 2.45) is 7.05 Å². The molecule has 10 heteroatoms. The van der Waals surface area contributed by atoms with E-state index in [0.717, 1.165) is 53.8 Å². The fourth-order valence-electron chi connectivity index (χ4n) is 4.29. The highest BCUT2D eigenvalue weighted by Gasteiger charge is 2.23. The number of nitrogens with zero attached hydrogens (tertiary/aromatic N) is 4. The van der Waals surface area contributed by atoms with Crippen molar-refractivity contribution >= 4 is 23.5 Å². The van der Waals surface area contributed by atoms with Gasteiger partial charge < -0.3 is 19.9 Å². The second kappa shape index (κ2) is 9.92. The normalized spacial score (nSPS) is 15.0. The van der Waals surface area contributed by atoms with E-state index in [1.807, 2.05) is 25.2 Å². The van der Waals surface area contributed by atoms with Crippen molar-refractivity contribution in [2.75, 3.05) is 24.4 Å². The van der Waals surface area contributed by atoms with Gasteiger partial charge in [0, 0.05) is 37.4 Å². The molecule has 0 bridgehead atoms. The molecule has 0 saturated carbocycles. The SMILES string of the molecule is Cn1nc(CC(CC(=O)O)c2ccc3c(c2)OCO3)nc1SCCc1ccc2c(n1)NCCC2. The lowest BCUT2D eigenvalue weighted by atomic mass is 9.92. The number of thioether (sulfide) groups is 1. The third-order valence-electron chi connectivity index (χ3n) is 6.03. The Hall–Kier alpha value is -3.27. The monoisotopic (exact) mass is 481 g/mol. The maximum absolute atomic E-state index is 11.5. The van der Waals surface area contributed by atoms with Gasteiger partial charge in [-0.15, -0.1) is 0 Å². The van der Waals surface area contributed by atoms with Gasteiger partial charge in [-0.05, 0) is 48.6 Å². The number of carboxylic acids is 1. The van der Waals surface area contributed by atoms with E-state index >= 15 is 0 Å². The van der Waals surface area contributed by atoms with Gasteiger partial charge in [0.2, 0.25) is 6.79 Å². The molecule has 2 aliphatic heterocycles. The molecule has 0 aliphatic carbocycles. The number of hydrogen-bond acceptors (Lipinski definition) is 8. The fourth-order valence-corrected chi connectivity index (χ4v) is 5.19. The molecular weight excluding hydrogens is 454 g/mol. The van der Waals surface area contributed by atoms with Crippen LogP contribution in [0.25, 0.3) is 0 Å². The number of aliphatic carboxylic acids is 1. The van der Waals surface area contributed by atoms with Crippen LogP contribution in [0.4, 0.5) is 5.82 Å². The summed E-state index contributed by atoms with van der Waals surface area (Å²) >= 11 is 1.63. The largest absolute Gasteiger partial charge is 0.481 e. The smallest absolute Gasteiger partial charge is 0.303 e. The predicted octanol–water partition coefficient (Wildman–Crippen LogP) is 3.43. The molecule has 2 N–H and O–H groups in total. The molecule has 4 heterocycles. The number of ether oxygens (including phenoxy) is 2. The summed E-state index contributed by atoms with van der Waals surface area (Å²) in [6.45, 7) is 1.16. The van der Waals surface area contributed by atoms with Crippen LogP contribution in [-0.4, -0.2) is 49.9 Å². The summed E-state index contributed by atoms with van der Waals surface area (Å²) < 4.78 is 12.6. The zero-order valence-electron chi connectivity index (χ0n) is 19.0. The number of fused-ring (bicyclic) bond motifs is 2. The third kappa shape index (κ3) is 5.11. The minimum Gasteiger partial charge on any atom is -0.481 e. The van der Waals surface area contributed by atoms with E-state index < -0.39 is 5.97 Å². The Morgan fingerprint density at radius 3 is 3.00 bits per heavy atom. The Balaban J connectivity index is 1.23. The Kier molecular flexibility index (Phi) is 6.57. The van der Waals surface area contributed by atoms with E-state index in [2.05, 4.69) is 27.5 Å². The summed E-state index contributed by atoms with van der Waals surface area (Å²) in [5, 5.41) is 18.2. The van der Waals surface area contributed by atoms with Gasteiger partial charge in [-0.25, -0.2) is 14.6 Å². The van der Waals surface area contributed by atoms with E-state index in [0.29, 0.717) is 23.7 Å². The first-order valence-corrected chi connectivity index (χ1v) is 12.4. The van der Waals surface area contributed by atoms with Gasteiger partial charge in [0.1, 0.15) is 5.82 Å². The number of nitrogens with one attached hydrogen (secondary N) is 1. The molecule has 9 nitrogen and oxygen atoms in total. The fraction of sp³-hybridized carbons (Fsp3) is 0.417. The van der Waals surface area contributed by atoms with Crippen LogP contribution in [0.3, 0.4) is 0 Å². The average Bonchev–Trinajstić information content (AvgIpc) is 3.44. The number of rotatable bonds is 9. The standard InChI is InChI=1S/C24H27N5O4S/c1-29-24(34-10-8-18-6-4-15-3-2-9-25-23(15)26-18)27-21(28-29)12-17(13-22(30)31)16-5-7-19-20(11-16)33-14-32-19/h4-7,11,17H,2-3,8-10,12-14H2,1H3,(H,25,26)(H,30,31). The van der Waals surface area contributed by atoms with Crippen LogP contribution in [0.15, 0.2) is 35.5 Å². The number of benzene rings is 1. The quantitative estimate of drug-likeness (QED) is 0.444. The molecule has 1 atom stereocenters. The van der Waals surface area contributed by atoms with Gasteiger partial charge in [0.15, 0.2) is 22.5 Å². The average molecular weight is 482 g/mol. The first-order valence-electron chi connectivity index (χ1n) is 11.4. The number of aromatic nitrogens is 4. The molecule has 34 heavy (non-hydrogen) atoms. The summed E-state index contributed by atoms with van der Waals surface area (Å²) in [6.07, 6.45) is 3.49. The molecule has 2 aliphatic rings. The third-order valence-corrected chi connectivity index (χ3v) is 7.05. The highest BCUT2D eigenvalue weighted by molar-refractivity contribution is 7.99. The first-order chi connectivity index (χ1) is 16.5. The number of carbonyl (C=O) groups is 1. The summed E-state index contributed by atoms with van der Waals surface area (Å²) in [5.74, 6) is 2.67. The van der Waals surface area contributed by atoms with E-state index in [4.69, 9.17) is 14.5 Å². The van der Waals surface area contributed by atoms with Crippen molar-refractivity contribution in [3.63, 3.8) is 0 Å². The van der Waals surface area contributed by atoms with Crippen LogP contribution in [0, 0.1) is 0 Å². The lowest BCUT2D eigenvalue weighted by Crippen LogP contribution is -2.14. The number of aryl methyl sites for hydroxylation is 3. The van der Waals surface area contributed by atoms with E-state index in [1.54, 1.807) is 16.4 Å². The number of carboxylic acid groups (broad SMARTS) is 1. The maximum Gasteiger partial charge on any atom is 0.303 e. The molecular formula is C24H27N5O4S. The molecule has 2 aromatic heterocycles. The summed E-state index contributed by atoms with van der Waals surface area (Å²) in [6, 6.07) is 9.85. The van der Waals surface area contributed by atoms with Gasteiger partial charge in [-0.1, -0.05) is 23.9 Å². The van der Waals surface area contributed by atoms with Crippen molar-refractivity contribution in [3.8, 4) is 11.5 Å². The molecule has 1 unspecified atom stereocenters. The summed E-state index contributed by atoms with van der Waals surface area (Å²) in [7, 11) is 1.87.